The lowest BCUT2D eigenvalue weighted by molar-refractivity contribution is 0.0946. The van der Waals surface area contributed by atoms with E-state index in [2.05, 4.69) is 15.3 Å². The van der Waals surface area contributed by atoms with Crippen molar-refractivity contribution >= 4 is 22.6 Å². The molecule has 4 rings (SSSR count). The Bertz CT molecular complexity index is 1040. The number of aromatic nitrogens is 2. The van der Waals surface area contributed by atoms with E-state index in [-0.39, 0.29) is 12.0 Å². The fourth-order valence-electron chi connectivity index (χ4n) is 3.59. The van der Waals surface area contributed by atoms with E-state index in [1.807, 2.05) is 57.1 Å². The minimum atomic E-state index is -0.180. The largest absolute Gasteiger partial charge is 0.493 e. The molecule has 1 aromatic carbocycles. The van der Waals surface area contributed by atoms with E-state index in [9.17, 15) is 4.79 Å². The number of hydrogen-bond donors (Lipinski definition) is 2. The van der Waals surface area contributed by atoms with Crippen LogP contribution in [0.25, 0.3) is 10.9 Å². The molecule has 29 heavy (non-hydrogen) atoms. The van der Waals surface area contributed by atoms with Gasteiger partial charge in [-0.05, 0) is 37.6 Å². The standard InChI is InChI=1S/C22H26N4O3/c1-5-28-18-9-15-8-13(2)29-21(15)20-16(18)10-17(25-20)22(27)24-12-14-6-7-19(23-11-14)26(3)4/h6-7,9-11,13,25H,5,8,12H2,1-4H3,(H,24,27)/t13-/m0/s1. The number of aromatic amines is 1. The van der Waals surface area contributed by atoms with Crippen molar-refractivity contribution in [1.29, 1.82) is 0 Å². The van der Waals surface area contributed by atoms with Crippen molar-refractivity contribution in [1.82, 2.24) is 15.3 Å². The Labute approximate surface area is 170 Å². The summed E-state index contributed by atoms with van der Waals surface area (Å²) in [5.41, 5.74) is 3.34. The minimum Gasteiger partial charge on any atom is -0.493 e. The summed E-state index contributed by atoms with van der Waals surface area (Å²) >= 11 is 0. The van der Waals surface area contributed by atoms with Gasteiger partial charge in [0.2, 0.25) is 0 Å². The fraction of sp³-hybridized carbons (Fsp3) is 0.364. The highest BCUT2D eigenvalue weighted by molar-refractivity contribution is 6.02. The smallest absolute Gasteiger partial charge is 0.268 e. The Morgan fingerprint density at radius 1 is 1.38 bits per heavy atom. The molecule has 0 spiro atoms. The molecule has 1 aliphatic rings. The minimum absolute atomic E-state index is 0.114. The first-order valence-electron chi connectivity index (χ1n) is 9.84. The van der Waals surface area contributed by atoms with E-state index in [0.29, 0.717) is 18.8 Å². The summed E-state index contributed by atoms with van der Waals surface area (Å²) in [5, 5.41) is 3.81. The molecule has 1 amide bonds. The van der Waals surface area contributed by atoms with Crippen molar-refractivity contribution in [2.75, 3.05) is 25.6 Å². The van der Waals surface area contributed by atoms with Gasteiger partial charge in [0.25, 0.3) is 5.91 Å². The molecule has 3 aromatic rings. The third kappa shape index (κ3) is 3.72. The normalized spacial score (nSPS) is 15.1. The van der Waals surface area contributed by atoms with Crippen LogP contribution in [0.3, 0.4) is 0 Å². The zero-order chi connectivity index (χ0) is 20.5. The topological polar surface area (TPSA) is 79.5 Å². The maximum atomic E-state index is 12.7. The average Bonchev–Trinajstić information content (AvgIpc) is 3.30. The molecule has 0 fully saturated rings. The maximum Gasteiger partial charge on any atom is 0.268 e. The van der Waals surface area contributed by atoms with Gasteiger partial charge >= 0.3 is 0 Å². The molecule has 0 saturated heterocycles. The second-order valence-corrected chi connectivity index (χ2v) is 7.50. The molecule has 0 unspecified atom stereocenters. The van der Waals surface area contributed by atoms with Gasteiger partial charge in [-0.25, -0.2) is 4.98 Å². The molecule has 3 heterocycles. The van der Waals surface area contributed by atoms with Crippen molar-refractivity contribution in [3.05, 3.63) is 47.3 Å². The van der Waals surface area contributed by atoms with Crippen molar-refractivity contribution in [2.24, 2.45) is 0 Å². The lowest BCUT2D eigenvalue weighted by atomic mass is 10.1. The summed E-state index contributed by atoms with van der Waals surface area (Å²) in [6, 6.07) is 7.75. The number of anilines is 1. The molecule has 1 atom stereocenters. The average molecular weight is 394 g/mol. The number of pyridine rings is 1. The third-order valence-electron chi connectivity index (χ3n) is 5.00. The quantitative estimate of drug-likeness (QED) is 0.671. The molecule has 1 aliphatic heterocycles. The van der Waals surface area contributed by atoms with Crippen LogP contribution in [0, 0.1) is 0 Å². The number of carbonyl (C=O) groups excluding carboxylic acids is 1. The van der Waals surface area contributed by atoms with E-state index in [1.54, 1.807) is 6.20 Å². The molecule has 0 radical (unpaired) electrons. The predicted octanol–water partition coefficient (Wildman–Crippen LogP) is 3.28. The number of nitrogens with zero attached hydrogens (tertiary/aromatic N) is 2. The van der Waals surface area contributed by atoms with Crippen molar-refractivity contribution in [3.63, 3.8) is 0 Å². The van der Waals surface area contributed by atoms with Crippen molar-refractivity contribution in [3.8, 4) is 11.5 Å². The van der Waals surface area contributed by atoms with Gasteiger partial charge in [0.1, 0.15) is 29.1 Å². The van der Waals surface area contributed by atoms with Crippen molar-refractivity contribution in [2.45, 2.75) is 32.9 Å². The molecule has 2 N–H and O–H groups in total. The van der Waals surface area contributed by atoms with Crippen LogP contribution in [0.4, 0.5) is 5.82 Å². The summed E-state index contributed by atoms with van der Waals surface area (Å²) in [6.07, 6.45) is 2.72. The summed E-state index contributed by atoms with van der Waals surface area (Å²) in [5.74, 6) is 2.29. The number of carbonyl (C=O) groups is 1. The second kappa shape index (κ2) is 7.66. The SMILES string of the molecule is CCOc1cc2c(c3[nH]c(C(=O)NCc4ccc(N(C)C)nc4)cc13)O[C@@H](C)C2. The zero-order valence-corrected chi connectivity index (χ0v) is 17.2. The summed E-state index contributed by atoms with van der Waals surface area (Å²) < 4.78 is 11.8. The summed E-state index contributed by atoms with van der Waals surface area (Å²) in [6.45, 7) is 4.96. The van der Waals surface area contributed by atoms with Crippen LogP contribution in [0.5, 0.6) is 11.5 Å². The van der Waals surface area contributed by atoms with Gasteiger partial charge in [0, 0.05) is 44.2 Å². The molecule has 7 heteroatoms. The number of nitrogens with one attached hydrogen (secondary N) is 2. The first-order valence-corrected chi connectivity index (χ1v) is 9.84. The molecule has 7 nitrogen and oxygen atoms in total. The Morgan fingerprint density at radius 3 is 2.90 bits per heavy atom. The van der Waals surface area contributed by atoms with E-state index in [4.69, 9.17) is 9.47 Å². The molecular weight excluding hydrogens is 368 g/mol. The van der Waals surface area contributed by atoms with Crippen LogP contribution in [0.15, 0.2) is 30.5 Å². The zero-order valence-electron chi connectivity index (χ0n) is 17.2. The summed E-state index contributed by atoms with van der Waals surface area (Å²) in [7, 11) is 3.88. The Balaban J connectivity index is 1.56. The van der Waals surface area contributed by atoms with Gasteiger partial charge in [0.15, 0.2) is 0 Å². The van der Waals surface area contributed by atoms with E-state index < -0.39 is 0 Å². The van der Waals surface area contributed by atoms with Gasteiger partial charge in [-0.1, -0.05) is 6.07 Å². The van der Waals surface area contributed by atoms with Crippen molar-refractivity contribution < 1.29 is 14.3 Å². The number of hydrogen-bond acceptors (Lipinski definition) is 5. The third-order valence-corrected chi connectivity index (χ3v) is 5.00. The van der Waals surface area contributed by atoms with Gasteiger partial charge in [-0.3, -0.25) is 4.79 Å². The molecule has 0 aliphatic carbocycles. The van der Waals surface area contributed by atoms with Crippen LogP contribution in [0.2, 0.25) is 0 Å². The first-order chi connectivity index (χ1) is 14.0. The van der Waals surface area contributed by atoms with Crippen LogP contribution in [-0.4, -0.2) is 42.7 Å². The molecule has 0 saturated carbocycles. The predicted molar refractivity (Wildman–Crippen MR) is 113 cm³/mol. The molecular formula is C22H26N4O3. The molecule has 152 valence electrons. The Kier molecular flexibility index (Phi) is 5.05. The highest BCUT2D eigenvalue weighted by atomic mass is 16.5. The maximum absolute atomic E-state index is 12.7. The monoisotopic (exact) mass is 394 g/mol. The van der Waals surface area contributed by atoms with E-state index >= 15 is 0 Å². The first kappa shape index (κ1) is 19.1. The Morgan fingerprint density at radius 2 is 2.21 bits per heavy atom. The van der Waals surface area contributed by atoms with Crippen LogP contribution in [-0.2, 0) is 13.0 Å². The fourth-order valence-corrected chi connectivity index (χ4v) is 3.59. The van der Waals surface area contributed by atoms with E-state index in [1.165, 1.54) is 0 Å². The van der Waals surface area contributed by atoms with E-state index in [0.717, 1.165) is 45.8 Å². The van der Waals surface area contributed by atoms with Crippen LogP contribution in [0.1, 0.15) is 35.5 Å². The lowest BCUT2D eigenvalue weighted by Crippen LogP contribution is -2.23. The van der Waals surface area contributed by atoms with Crippen LogP contribution < -0.4 is 19.7 Å². The Hall–Kier alpha value is -3.22. The molecule has 0 bridgehead atoms. The summed E-state index contributed by atoms with van der Waals surface area (Å²) in [4.78, 5) is 22.3. The highest BCUT2D eigenvalue weighted by Gasteiger charge is 2.26. The second-order valence-electron chi connectivity index (χ2n) is 7.50. The van der Waals surface area contributed by atoms with Crippen LogP contribution >= 0.6 is 0 Å². The van der Waals surface area contributed by atoms with Gasteiger partial charge < -0.3 is 24.7 Å². The number of amides is 1. The van der Waals surface area contributed by atoms with Gasteiger partial charge in [0.05, 0.1) is 12.1 Å². The molecule has 2 aromatic heterocycles. The lowest BCUT2D eigenvalue weighted by Gasteiger charge is -2.11. The van der Waals surface area contributed by atoms with Gasteiger partial charge in [-0.2, -0.15) is 0 Å². The number of H-pyrrole nitrogens is 1. The number of fused-ring (bicyclic) bond motifs is 3. The number of rotatable bonds is 6. The number of ether oxygens (including phenoxy) is 2. The highest BCUT2D eigenvalue weighted by Crippen LogP contribution is 2.41. The van der Waals surface area contributed by atoms with Gasteiger partial charge in [-0.15, -0.1) is 0 Å². The number of benzene rings is 1.